The Morgan fingerprint density at radius 1 is 1.22 bits per heavy atom. The summed E-state index contributed by atoms with van der Waals surface area (Å²) in [4.78, 5) is 17.9. The highest BCUT2D eigenvalue weighted by Gasteiger charge is 2.31. The SMILES string of the molecule is O=C(Nc1cccc(C(F)(F)F)c1)N1CCC(Oc2ncccc2Cl)CC1. The van der Waals surface area contributed by atoms with Crippen LogP contribution in [0.4, 0.5) is 23.7 Å². The van der Waals surface area contributed by atoms with Crippen molar-refractivity contribution in [2.45, 2.75) is 25.1 Å². The third-order valence-corrected chi connectivity index (χ3v) is 4.46. The van der Waals surface area contributed by atoms with Crippen LogP contribution in [-0.2, 0) is 6.18 Å². The van der Waals surface area contributed by atoms with Gasteiger partial charge in [-0.15, -0.1) is 0 Å². The summed E-state index contributed by atoms with van der Waals surface area (Å²) in [5.74, 6) is 0.353. The van der Waals surface area contributed by atoms with Gasteiger partial charge in [0.2, 0.25) is 5.88 Å². The number of hydrogen-bond acceptors (Lipinski definition) is 3. The molecule has 3 rings (SSSR count). The number of urea groups is 1. The van der Waals surface area contributed by atoms with E-state index in [0.717, 1.165) is 12.1 Å². The monoisotopic (exact) mass is 399 g/mol. The van der Waals surface area contributed by atoms with E-state index in [2.05, 4.69) is 10.3 Å². The number of carbonyl (C=O) groups is 1. The molecule has 1 aliphatic heterocycles. The Morgan fingerprint density at radius 2 is 1.96 bits per heavy atom. The molecule has 9 heteroatoms. The first-order valence-corrected chi connectivity index (χ1v) is 8.71. The summed E-state index contributed by atoms with van der Waals surface area (Å²) in [6, 6.07) is 7.50. The summed E-state index contributed by atoms with van der Waals surface area (Å²) in [6.07, 6.45) is -1.86. The van der Waals surface area contributed by atoms with Crippen molar-refractivity contribution < 1.29 is 22.7 Å². The number of benzene rings is 1. The molecule has 5 nitrogen and oxygen atoms in total. The van der Waals surface area contributed by atoms with Gasteiger partial charge in [0.25, 0.3) is 0 Å². The number of nitrogens with zero attached hydrogens (tertiary/aromatic N) is 2. The van der Waals surface area contributed by atoms with Crippen molar-refractivity contribution in [1.29, 1.82) is 0 Å². The molecular formula is C18H17ClF3N3O2. The Bertz CT molecular complexity index is 808. The second-order valence-corrected chi connectivity index (χ2v) is 6.51. The van der Waals surface area contributed by atoms with Crippen molar-refractivity contribution >= 4 is 23.3 Å². The summed E-state index contributed by atoms with van der Waals surface area (Å²) in [5, 5.41) is 2.93. The van der Waals surface area contributed by atoms with Crippen LogP contribution < -0.4 is 10.1 Å². The van der Waals surface area contributed by atoms with Gasteiger partial charge in [0.1, 0.15) is 11.1 Å². The Labute approximate surface area is 159 Å². The van der Waals surface area contributed by atoms with Gasteiger partial charge in [0.05, 0.1) is 5.56 Å². The number of amides is 2. The maximum atomic E-state index is 12.8. The molecule has 1 N–H and O–H groups in total. The summed E-state index contributed by atoms with van der Waals surface area (Å²) in [7, 11) is 0. The van der Waals surface area contributed by atoms with Crippen molar-refractivity contribution in [2.24, 2.45) is 0 Å². The summed E-state index contributed by atoms with van der Waals surface area (Å²) in [6.45, 7) is 0.833. The zero-order chi connectivity index (χ0) is 19.4. The topological polar surface area (TPSA) is 54.5 Å². The number of anilines is 1. The molecule has 2 heterocycles. The van der Waals surface area contributed by atoms with Crippen LogP contribution in [0.3, 0.4) is 0 Å². The molecule has 0 spiro atoms. The highest BCUT2D eigenvalue weighted by atomic mass is 35.5. The maximum Gasteiger partial charge on any atom is 0.416 e. The van der Waals surface area contributed by atoms with Gasteiger partial charge in [-0.25, -0.2) is 9.78 Å². The van der Waals surface area contributed by atoms with Crippen LogP contribution in [0.15, 0.2) is 42.6 Å². The highest BCUT2D eigenvalue weighted by molar-refractivity contribution is 6.31. The van der Waals surface area contributed by atoms with E-state index < -0.39 is 17.8 Å². The molecule has 2 amide bonds. The largest absolute Gasteiger partial charge is 0.473 e. The molecule has 1 aromatic carbocycles. The fourth-order valence-electron chi connectivity index (χ4n) is 2.77. The first kappa shape index (κ1) is 19.3. The molecule has 1 aromatic heterocycles. The third-order valence-electron chi connectivity index (χ3n) is 4.17. The Morgan fingerprint density at radius 3 is 2.63 bits per heavy atom. The molecule has 1 saturated heterocycles. The maximum absolute atomic E-state index is 12.8. The van der Waals surface area contributed by atoms with E-state index in [0.29, 0.717) is 36.8 Å². The average molecular weight is 400 g/mol. The number of likely N-dealkylation sites (tertiary alicyclic amines) is 1. The Hall–Kier alpha value is -2.48. The minimum atomic E-state index is -4.46. The van der Waals surface area contributed by atoms with Crippen molar-refractivity contribution in [2.75, 3.05) is 18.4 Å². The zero-order valence-electron chi connectivity index (χ0n) is 14.2. The van der Waals surface area contributed by atoms with Crippen LogP contribution >= 0.6 is 11.6 Å². The van der Waals surface area contributed by atoms with Crippen molar-refractivity contribution in [3.05, 3.63) is 53.2 Å². The van der Waals surface area contributed by atoms with Crippen LogP contribution in [0, 0.1) is 0 Å². The standard InChI is InChI=1S/C18H17ClF3N3O2/c19-15-5-2-8-23-16(15)27-14-6-9-25(10-7-14)17(26)24-13-4-1-3-12(11-13)18(20,21)22/h1-5,8,11,14H,6-7,9-10H2,(H,24,26). The van der Waals surface area contributed by atoms with Crippen molar-refractivity contribution in [3.63, 3.8) is 0 Å². The average Bonchev–Trinajstić information content (AvgIpc) is 2.64. The molecule has 0 atom stereocenters. The van der Waals surface area contributed by atoms with E-state index in [-0.39, 0.29) is 11.8 Å². The van der Waals surface area contributed by atoms with E-state index in [1.807, 2.05) is 0 Å². The lowest BCUT2D eigenvalue weighted by atomic mass is 10.1. The van der Waals surface area contributed by atoms with Gasteiger partial charge in [-0.05, 0) is 30.3 Å². The van der Waals surface area contributed by atoms with E-state index in [1.54, 1.807) is 23.2 Å². The quantitative estimate of drug-likeness (QED) is 0.804. The molecule has 0 radical (unpaired) electrons. The lowest BCUT2D eigenvalue weighted by molar-refractivity contribution is -0.137. The van der Waals surface area contributed by atoms with E-state index in [1.165, 1.54) is 12.1 Å². The smallest absolute Gasteiger partial charge is 0.416 e. The van der Waals surface area contributed by atoms with Crippen LogP contribution in [0.1, 0.15) is 18.4 Å². The van der Waals surface area contributed by atoms with Crippen LogP contribution in [-0.4, -0.2) is 35.1 Å². The number of ether oxygens (including phenoxy) is 1. The molecule has 0 aliphatic carbocycles. The molecule has 0 unspecified atom stereocenters. The fourth-order valence-corrected chi connectivity index (χ4v) is 2.93. The lowest BCUT2D eigenvalue weighted by Gasteiger charge is -2.32. The molecular weight excluding hydrogens is 383 g/mol. The van der Waals surface area contributed by atoms with Crippen LogP contribution in [0.2, 0.25) is 5.02 Å². The van der Waals surface area contributed by atoms with E-state index in [9.17, 15) is 18.0 Å². The number of rotatable bonds is 3. The van der Waals surface area contributed by atoms with Gasteiger partial charge in [0, 0.05) is 37.8 Å². The van der Waals surface area contributed by atoms with Crippen LogP contribution in [0.25, 0.3) is 0 Å². The molecule has 1 aliphatic rings. The zero-order valence-corrected chi connectivity index (χ0v) is 14.9. The summed E-state index contributed by atoms with van der Waals surface area (Å²) < 4.78 is 44.0. The normalized spacial score (nSPS) is 15.5. The number of alkyl halides is 3. The van der Waals surface area contributed by atoms with Crippen molar-refractivity contribution in [1.82, 2.24) is 9.88 Å². The van der Waals surface area contributed by atoms with Gasteiger partial charge in [-0.1, -0.05) is 17.7 Å². The van der Waals surface area contributed by atoms with Gasteiger partial charge in [-0.3, -0.25) is 0 Å². The number of hydrogen-bond donors (Lipinski definition) is 1. The Kier molecular flexibility index (Phi) is 5.74. The molecule has 27 heavy (non-hydrogen) atoms. The van der Waals surface area contributed by atoms with E-state index >= 15 is 0 Å². The minimum absolute atomic E-state index is 0.105. The molecule has 0 saturated carbocycles. The molecule has 144 valence electrons. The predicted molar refractivity (Wildman–Crippen MR) is 94.9 cm³/mol. The summed E-state index contributed by atoms with van der Waals surface area (Å²) in [5.41, 5.74) is -0.701. The summed E-state index contributed by atoms with van der Waals surface area (Å²) >= 11 is 6.02. The number of aromatic nitrogens is 1. The fraction of sp³-hybridized carbons (Fsp3) is 0.333. The second-order valence-electron chi connectivity index (χ2n) is 6.10. The van der Waals surface area contributed by atoms with Crippen LogP contribution in [0.5, 0.6) is 5.88 Å². The van der Waals surface area contributed by atoms with Gasteiger partial charge in [0.15, 0.2) is 0 Å². The lowest BCUT2D eigenvalue weighted by Crippen LogP contribution is -2.43. The third kappa shape index (κ3) is 5.03. The molecule has 1 fully saturated rings. The number of nitrogens with one attached hydrogen (secondary N) is 1. The van der Waals surface area contributed by atoms with Crippen molar-refractivity contribution in [3.8, 4) is 5.88 Å². The number of pyridine rings is 1. The van der Waals surface area contributed by atoms with E-state index in [4.69, 9.17) is 16.3 Å². The van der Waals surface area contributed by atoms with Gasteiger partial charge < -0.3 is 15.0 Å². The number of piperidine rings is 1. The van der Waals surface area contributed by atoms with Gasteiger partial charge >= 0.3 is 12.2 Å². The van der Waals surface area contributed by atoms with Gasteiger partial charge in [-0.2, -0.15) is 13.2 Å². The Balaban J connectivity index is 1.54. The highest BCUT2D eigenvalue weighted by Crippen LogP contribution is 2.31. The first-order chi connectivity index (χ1) is 12.8. The number of halogens is 4. The molecule has 2 aromatic rings. The minimum Gasteiger partial charge on any atom is -0.473 e. The predicted octanol–water partition coefficient (Wildman–Crippen LogP) is 4.83. The molecule has 0 bridgehead atoms. The first-order valence-electron chi connectivity index (χ1n) is 8.33. The number of carbonyl (C=O) groups excluding carboxylic acids is 1. The second kappa shape index (κ2) is 8.04.